The standard InChI is InChI=1S/C26H29ClN4O4/c1-15(2)14-34-22-11-21-20(10-18(22)27)28-23(29-21)12-19-16-8-6-7-9-17(16)25(33)31(30-19)13-24(32)35-26(3,4)5/h6-11,15H,12-14H2,1-5H3,(H,28,29). The van der Waals surface area contributed by atoms with E-state index in [0.717, 1.165) is 10.2 Å². The summed E-state index contributed by atoms with van der Waals surface area (Å²) in [5, 5.41) is 6.19. The van der Waals surface area contributed by atoms with E-state index in [4.69, 9.17) is 21.1 Å². The monoisotopic (exact) mass is 496 g/mol. The van der Waals surface area contributed by atoms with Crippen molar-refractivity contribution in [1.29, 1.82) is 0 Å². The van der Waals surface area contributed by atoms with Crippen LogP contribution in [0.1, 0.15) is 46.1 Å². The fourth-order valence-electron chi connectivity index (χ4n) is 3.71. The third kappa shape index (κ3) is 5.82. The molecule has 4 rings (SSSR count). The smallest absolute Gasteiger partial charge is 0.328 e. The number of rotatable bonds is 7. The van der Waals surface area contributed by atoms with Crippen LogP contribution in [0.4, 0.5) is 0 Å². The number of carbonyl (C=O) groups is 1. The number of aromatic amines is 1. The molecule has 9 heteroatoms. The summed E-state index contributed by atoms with van der Waals surface area (Å²) in [5.41, 5.74) is 1.10. The lowest BCUT2D eigenvalue weighted by molar-refractivity contribution is -0.155. The summed E-state index contributed by atoms with van der Waals surface area (Å²) in [7, 11) is 0. The summed E-state index contributed by atoms with van der Waals surface area (Å²) in [6.07, 6.45) is 0.323. The first-order chi connectivity index (χ1) is 16.5. The maximum absolute atomic E-state index is 13.0. The van der Waals surface area contributed by atoms with Gasteiger partial charge in [0.15, 0.2) is 0 Å². The van der Waals surface area contributed by atoms with Crippen molar-refractivity contribution in [2.75, 3.05) is 6.61 Å². The molecule has 2 aromatic carbocycles. The van der Waals surface area contributed by atoms with Gasteiger partial charge in [-0.25, -0.2) is 9.67 Å². The lowest BCUT2D eigenvalue weighted by atomic mass is 10.1. The van der Waals surface area contributed by atoms with E-state index < -0.39 is 11.6 Å². The minimum atomic E-state index is -0.659. The van der Waals surface area contributed by atoms with E-state index in [0.29, 0.717) is 57.5 Å². The highest BCUT2D eigenvalue weighted by Crippen LogP contribution is 2.30. The minimum Gasteiger partial charge on any atom is -0.492 e. The Kier molecular flexibility index (Phi) is 6.85. The van der Waals surface area contributed by atoms with Crippen LogP contribution in [0.5, 0.6) is 5.75 Å². The average molecular weight is 497 g/mol. The van der Waals surface area contributed by atoms with Gasteiger partial charge in [0.2, 0.25) is 0 Å². The third-order valence-corrected chi connectivity index (χ3v) is 5.43. The molecule has 2 aromatic heterocycles. The number of halogens is 1. The highest BCUT2D eigenvalue weighted by atomic mass is 35.5. The van der Waals surface area contributed by atoms with Crippen molar-refractivity contribution in [1.82, 2.24) is 19.7 Å². The molecule has 35 heavy (non-hydrogen) atoms. The van der Waals surface area contributed by atoms with Crippen LogP contribution in [0.25, 0.3) is 21.8 Å². The van der Waals surface area contributed by atoms with Crippen molar-refractivity contribution in [3.8, 4) is 5.75 Å². The Hall–Kier alpha value is -3.39. The Balaban J connectivity index is 1.69. The van der Waals surface area contributed by atoms with E-state index in [1.54, 1.807) is 39.0 Å². The molecule has 4 aromatic rings. The SMILES string of the molecule is CC(C)COc1cc2[nH]c(Cc3nn(CC(=O)OC(C)(C)C)c(=O)c4ccccc34)nc2cc1Cl. The molecule has 0 aliphatic heterocycles. The highest BCUT2D eigenvalue weighted by molar-refractivity contribution is 6.32. The number of nitrogens with one attached hydrogen (secondary N) is 1. The van der Waals surface area contributed by atoms with Gasteiger partial charge in [-0.05, 0) is 38.8 Å². The second-order valence-corrected chi connectivity index (χ2v) is 10.3. The number of ether oxygens (including phenoxy) is 2. The molecular weight excluding hydrogens is 468 g/mol. The van der Waals surface area contributed by atoms with E-state index in [-0.39, 0.29) is 12.1 Å². The molecule has 1 N–H and O–H groups in total. The van der Waals surface area contributed by atoms with Crippen molar-refractivity contribution < 1.29 is 14.3 Å². The molecule has 184 valence electrons. The lowest BCUT2D eigenvalue weighted by Gasteiger charge is -2.19. The van der Waals surface area contributed by atoms with E-state index >= 15 is 0 Å². The number of carbonyl (C=O) groups excluding carboxylic acids is 1. The number of aromatic nitrogens is 4. The number of fused-ring (bicyclic) bond motifs is 2. The molecule has 0 bridgehead atoms. The third-order valence-electron chi connectivity index (χ3n) is 5.13. The molecule has 0 spiro atoms. The van der Waals surface area contributed by atoms with Gasteiger partial charge in [0.05, 0.1) is 40.2 Å². The first kappa shape index (κ1) is 24.7. The van der Waals surface area contributed by atoms with Gasteiger partial charge >= 0.3 is 5.97 Å². The normalized spacial score (nSPS) is 12.0. The summed E-state index contributed by atoms with van der Waals surface area (Å²) in [5.74, 6) is 1.09. The van der Waals surface area contributed by atoms with Crippen molar-refractivity contribution in [2.24, 2.45) is 5.92 Å². The van der Waals surface area contributed by atoms with Crippen molar-refractivity contribution in [2.45, 2.75) is 53.2 Å². The Morgan fingerprint density at radius 2 is 1.89 bits per heavy atom. The zero-order valence-electron chi connectivity index (χ0n) is 20.5. The fourth-order valence-corrected chi connectivity index (χ4v) is 3.93. The zero-order chi connectivity index (χ0) is 25.3. The number of esters is 1. The number of H-pyrrole nitrogens is 1. The van der Waals surface area contributed by atoms with Gasteiger partial charge < -0.3 is 14.5 Å². The summed E-state index contributed by atoms with van der Waals surface area (Å²) in [6, 6.07) is 10.8. The van der Waals surface area contributed by atoms with Crippen LogP contribution >= 0.6 is 11.6 Å². The number of nitrogens with zero attached hydrogens (tertiary/aromatic N) is 3. The van der Waals surface area contributed by atoms with E-state index in [2.05, 4.69) is 28.9 Å². The second kappa shape index (κ2) is 9.70. The molecule has 0 saturated carbocycles. The van der Waals surface area contributed by atoms with E-state index in [1.165, 1.54) is 0 Å². The molecule has 0 radical (unpaired) electrons. The van der Waals surface area contributed by atoms with Gasteiger partial charge in [0.25, 0.3) is 5.56 Å². The Labute approximate surface area is 208 Å². The molecule has 2 heterocycles. The molecule has 0 aliphatic carbocycles. The summed E-state index contributed by atoms with van der Waals surface area (Å²) < 4.78 is 12.4. The lowest BCUT2D eigenvalue weighted by Crippen LogP contribution is -2.32. The van der Waals surface area contributed by atoms with Gasteiger partial charge in [0.1, 0.15) is 23.7 Å². The molecule has 0 atom stereocenters. The molecule has 8 nitrogen and oxygen atoms in total. The highest BCUT2D eigenvalue weighted by Gasteiger charge is 2.20. The summed E-state index contributed by atoms with van der Waals surface area (Å²) >= 11 is 6.39. The van der Waals surface area contributed by atoms with Gasteiger partial charge in [0, 0.05) is 11.5 Å². The van der Waals surface area contributed by atoms with Gasteiger partial charge in [-0.3, -0.25) is 9.59 Å². The number of benzene rings is 2. The van der Waals surface area contributed by atoms with Crippen molar-refractivity contribution >= 4 is 39.4 Å². The van der Waals surface area contributed by atoms with Crippen LogP contribution in [0.15, 0.2) is 41.2 Å². The molecular formula is C26H29ClN4O4. The van der Waals surface area contributed by atoms with Crippen LogP contribution in [0.3, 0.4) is 0 Å². The first-order valence-electron chi connectivity index (χ1n) is 11.5. The second-order valence-electron chi connectivity index (χ2n) is 9.91. The minimum absolute atomic E-state index is 0.278. The Morgan fingerprint density at radius 3 is 2.57 bits per heavy atom. The molecule has 0 fully saturated rings. The summed E-state index contributed by atoms with van der Waals surface area (Å²) in [6.45, 7) is 9.75. The molecule has 0 amide bonds. The molecule has 0 aliphatic rings. The van der Waals surface area contributed by atoms with E-state index in [9.17, 15) is 9.59 Å². The Morgan fingerprint density at radius 1 is 1.17 bits per heavy atom. The zero-order valence-corrected chi connectivity index (χ0v) is 21.3. The van der Waals surface area contributed by atoms with Crippen LogP contribution in [-0.2, 0) is 22.5 Å². The van der Waals surface area contributed by atoms with E-state index in [1.807, 2.05) is 18.2 Å². The van der Waals surface area contributed by atoms with Crippen LogP contribution in [-0.4, -0.2) is 37.9 Å². The number of hydrogen-bond acceptors (Lipinski definition) is 6. The topological polar surface area (TPSA) is 99.1 Å². The van der Waals surface area contributed by atoms with Crippen molar-refractivity contribution in [3.05, 3.63) is 63.3 Å². The predicted octanol–water partition coefficient (Wildman–Crippen LogP) is 4.89. The first-order valence-corrected chi connectivity index (χ1v) is 11.9. The maximum Gasteiger partial charge on any atom is 0.328 e. The quantitative estimate of drug-likeness (QED) is 0.365. The number of imidazole rings is 1. The van der Waals surface area contributed by atoms with Crippen LogP contribution in [0.2, 0.25) is 5.02 Å². The molecule has 0 saturated heterocycles. The largest absolute Gasteiger partial charge is 0.492 e. The maximum atomic E-state index is 13.0. The Bertz CT molecular complexity index is 1450. The molecule has 0 unspecified atom stereocenters. The van der Waals surface area contributed by atoms with Crippen LogP contribution in [0, 0.1) is 5.92 Å². The van der Waals surface area contributed by atoms with Gasteiger partial charge in [-0.1, -0.05) is 43.6 Å². The predicted molar refractivity (Wildman–Crippen MR) is 136 cm³/mol. The van der Waals surface area contributed by atoms with Crippen LogP contribution < -0.4 is 10.3 Å². The van der Waals surface area contributed by atoms with Gasteiger partial charge in [-0.15, -0.1) is 0 Å². The van der Waals surface area contributed by atoms with Crippen molar-refractivity contribution in [3.63, 3.8) is 0 Å². The fraction of sp³-hybridized carbons (Fsp3) is 0.385. The average Bonchev–Trinajstić information content (AvgIpc) is 3.14. The summed E-state index contributed by atoms with van der Waals surface area (Å²) in [4.78, 5) is 33.4. The van der Waals surface area contributed by atoms with Gasteiger partial charge in [-0.2, -0.15) is 5.10 Å². The number of hydrogen-bond donors (Lipinski definition) is 1.